The van der Waals surface area contributed by atoms with Crippen LogP contribution < -0.4 is 11.1 Å². The van der Waals surface area contributed by atoms with E-state index in [2.05, 4.69) is 5.32 Å². The van der Waals surface area contributed by atoms with Crippen LogP contribution in [-0.2, 0) is 0 Å². The molecule has 0 fully saturated rings. The molecule has 5 heavy (non-hydrogen) atoms. The van der Waals surface area contributed by atoms with Crippen LogP contribution >= 0.6 is 0 Å². The highest BCUT2D eigenvalue weighted by Crippen LogP contribution is 1.45. The molecule has 3 N–H and O–H groups in total. The van der Waals surface area contributed by atoms with Crippen molar-refractivity contribution in [1.29, 1.82) is 0 Å². The summed E-state index contributed by atoms with van der Waals surface area (Å²) in [5.74, 6) is 0. The highest BCUT2D eigenvalue weighted by Gasteiger charge is 1.63. The second kappa shape index (κ2) is 3.92. The molecule has 0 unspecified atom stereocenters. The van der Waals surface area contributed by atoms with Crippen LogP contribution in [0.5, 0.6) is 0 Å². The van der Waals surface area contributed by atoms with Crippen LogP contribution in [-0.4, -0.2) is 6.54 Å². The normalized spacial score (nSPS) is 8.40. The predicted octanol–water partition coefficient (Wildman–Crippen LogP) is -0.326. The summed E-state index contributed by atoms with van der Waals surface area (Å²) in [5.41, 5.74) is 4.90. The molecule has 0 heterocycles. The van der Waals surface area contributed by atoms with Crippen molar-refractivity contribution in [3.05, 3.63) is 6.67 Å². The Morgan fingerprint density at radius 3 is 2.60 bits per heavy atom. The van der Waals surface area contributed by atoms with Gasteiger partial charge in [-0.25, -0.2) is 0 Å². The molecule has 0 amide bonds. The molecule has 2 nitrogen and oxygen atoms in total. The standard InChI is InChI=1S/C3H9N2/c1-2-5-3-4/h3,5H,2,4H2,1H3. The van der Waals surface area contributed by atoms with E-state index in [4.69, 9.17) is 5.73 Å². The molecule has 31 valence electrons. The molecule has 1 radical (unpaired) electrons. The number of nitrogens with two attached hydrogens (primary N) is 1. The molecule has 0 rings (SSSR count). The quantitative estimate of drug-likeness (QED) is 0.470. The van der Waals surface area contributed by atoms with Crippen molar-refractivity contribution in [3.8, 4) is 0 Å². The number of rotatable bonds is 2. The molecule has 0 aliphatic heterocycles. The lowest BCUT2D eigenvalue weighted by atomic mass is 10.8. The molecule has 0 aromatic carbocycles. The van der Waals surface area contributed by atoms with E-state index >= 15 is 0 Å². The number of hydrogen-bond acceptors (Lipinski definition) is 2. The van der Waals surface area contributed by atoms with E-state index in [-0.39, 0.29) is 0 Å². The topological polar surface area (TPSA) is 38.0 Å². The van der Waals surface area contributed by atoms with E-state index in [0.717, 1.165) is 6.54 Å². The monoisotopic (exact) mass is 73.1 g/mol. The maximum atomic E-state index is 4.90. The summed E-state index contributed by atoms with van der Waals surface area (Å²) in [7, 11) is 0. The van der Waals surface area contributed by atoms with E-state index in [1.807, 2.05) is 6.92 Å². The molecule has 0 atom stereocenters. The van der Waals surface area contributed by atoms with Gasteiger partial charge in [0, 0.05) is 0 Å². The number of nitrogens with one attached hydrogen (secondary N) is 1. The molecule has 0 saturated heterocycles. The van der Waals surface area contributed by atoms with Gasteiger partial charge in [-0.05, 0) is 6.54 Å². The van der Waals surface area contributed by atoms with Crippen molar-refractivity contribution >= 4 is 0 Å². The first-order valence-electron chi connectivity index (χ1n) is 1.68. The molecule has 0 aromatic heterocycles. The minimum Gasteiger partial charge on any atom is -0.313 e. The van der Waals surface area contributed by atoms with Crippen LogP contribution in [0.3, 0.4) is 0 Å². The first kappa shape index (κ1) is 4.92. The SMILES string of the molecule is CCN[CH]N. The van der Waals surface area contributed by atoms with E-state index in [1.54, 1.807) is 0 Å². The van der Waals surface area contributed by atoms with E-state index in [9.17, 15) is 0 Å². The maximum absolute atomic E-state index is 4.90. The molecule has 0 bridgehead atoms. The Hall–Kier alpha value is -0.0800. The third-order valence-electron chi connectivity index (χ3n) is 0.322. The van der Waals surface area contributed by atoms with E-state index in [0.29, 0.717) is 0 Å². The van der Waals surface area contributed by atoms with Gasteiger partial charge in [-0.3, -0.25) is 5.32 Å². The van der Waals surface area contributed by atoms with Gasteiger partial charge in [0.25, 0.3) is 0 Å². The average Bonchev–Trinajstić information content (AvgIpc) is 1.41. The maximum Gasteiger partial charge on any atom is 0.0838 e. The second-order valence-corrected chi connectivity index (χ2v) is 0.724. The van der Waals surface area contributed by atoms with Crippen molar-refractivity contribution in [2.45, 2.75) is 6.92 Å². The fourth-order valence-corrected chi connectivity index (χ4v) is 0.118. The third kappa shape index (κ3) is 3.92. The molecule has 2 heteroatoms. The van der Waals surface area contributed by atoms with Crippen LogP contribution in [0.4, 0.5) is 0 Å². The van der Waals surface area contributed by atoms with Crippen molar-refractivity contribution < 1.29 is 0 Å². The molecule has 0 aromatic rings. The van der Waals surface area contributed by atoms with Crippen molar-refractivity contribution in [3.63, 3.8) is 0 Å². The molecule has 0 aliphatic carbocycles. The zero-order chi connectivity index (χ0) is 4.12. The molecular formula is C3H9N2. The highest BCUT2D eigenvalue weighted by atomic mass is 14.9. The lowest BCUT2D eigenvalue weighted by Crippen LogP contribution is -2.13. The van der Waals surface area contributed by atoms with Gasteiger partial charge >= 0.3 is 0 Å². The highest BCUT2D eigenvalue weighted by molar-refractivity contribution is 4.43. The average molecular weight is 73.1 g/mol. The van der Waals surface area contributed by atoms with Gasteiger partial charge in [-0.15, -0.1) is 0 Å². The lowest BCUT2D eigenvalue weighted by molar-refractivity contribution is 0.833. The molecule has 0 aliphatic rings. The van der Waals surface area contributed by atoms with Crippen LogP contribution in [0.2, 0.25) is 0 Å². The van der Waals surface area contributed by atoms with Gasteiger partial charge in [-0.1, -0.05) is 6.92 Å². The predicted molar refractivity (Wildman–Crippen MR) is 22.2 cm³/mol. The smallest absolute Gasteiger partial charge is 0.0838 e. The van der Waals surface area contributed by atoms with Gasteiger partial charge < -0.3 is 5.73 Å². The Balaban J connectivity index is 2.19. The van der Waals surface area contributed by atoms with Crippen LogP contribution in [0, 0.1) is 6.67 Å². The van der Waals surface area contributed by atoms with Gasteiger partial charge in [0.15, 0.2) is 0 Å². The Kier molecular flexibility index (Phi) is 3.86. The van der Waals surface area contributed by atoms with Crippen LogP contribution in [0.25, 0.3) is 0 Å². The van der Waals surface area contributed by atoms with Crippen molar-refractivity contribution in [2.24, 2.45) is 5.73 Å². The third-order valence-corrected chi connectivity index (χ3v) is 0.322. The molecule has 0 saturated carbocycles. The summed E-state index contributed by atoms with van der Waals surface area (Å²) in [4.78, 5) is 0. The summed E-state index contributed by atoms with van der Waals surface area (Å²) in [6.45, 7) is 4.33. The fourth-order valence-electron chi connectivity index (χ4n) is 0.118. The zero-order valence-electron chi connectivity index (χ0n) is 3.36. The minimum absolute atomic E-state index is 0.913. The first-order chi connectivity index (χ1) is 2.41. The molecular weight excluding hydrogens is 64.0 g/mol. The van der Waals surface area contributed by atoms with Crippen molar-refractivity contribution in [1.82, 2.24) is 5.32 Å². The summed E-state index contributed by atoms with van der Waals surface area (Å²) >= 11 is 0. The first-order valence-corrected chi connectivity index (χ1v) is 1.68. The van der Waals surface area contributed by atoms with Gasteiger partial charge in [-0.2, -0.15) is 0 Å². The number of hydrogen-bond donors (Lipinski definition) is 2. The summed E-state index contributed by atoms with van der Waals surface area (Å²) in [6, 6.07) is 0. The van der Waals surface area contributed by atoms with Gasteiger partial charge in [0.1, 0.15) is 0 Å². The second-order valence-electron chi connectivity index (χ2n) is 0.724. The summed E-state index contributed by atoms with van der Waals surface area (Å²) in [6.07, 6.45) is 0. The van der Waals surface area contributed by atoms with Gasteiger partial charge in [0.05, 0.1) is 6.67 Å². The minimum atomic E-state index is 0.913. The van der Waals surface area contributed by atoms with Crippen LogP contribution in [0.15, 0.2) is 0 Å². The van der Waals surface area contributed by atoms with Crippen LogP contribution in [0.1, 0.15) is 6.92 Å². The largest absolute Gasteiger partial charge is 0.313 e. The Labute approximate surface area is 32.4 Å². The summed E-state index contributed by atoms with van der Waals surface area (Å²) < 4.78 is 0. The lowest BCUT2D eigenvalue weighted by Gasteiger charge is -1.85. The fraction of sp³-hybridized carbons (Fsp3) is 0.667. The van der Waals surface area contributed by atoms with E-state index in [1.165, 1.54) is 6.67 Å². The van der Waals surface area contributed by atoms with E-state index < -0.39 is 0 Å². The Bertz CT molecular complexity index is 12.4. The van der Waals surface area contributed by atoms with Gasteiger partial charge in [0.2, 0.25) is 0 Å². The Morgan fingerprint density at radius 1 is 2.00 bits per heavy atom. The van der Waals surface area contributed by atoms with Crippen molar-refractivity contribution in [2.75, 3.05) is 6.54 Å². The Morgan fingerprint density at radius 2 is 2.60 bits per heavy atom. The summed E-state index contributed by atoms with van der Waals surface area (Å²) in [5, 5.41) is 2.76. The molecule has 0 spiro atoms. The zero-order valence-corrected chi connectivity index (χ0v) is 3.36.